The standard InChI is InChI=1S/C12H20BrNS/c1-8(2)14-10(4)9(3)7-12-11(13)5-6-15-12/h5-6,8-10,14H,7H2,1-4H3. The van der Waals surface area contributed by atoms with E-state index in [9.17, 15) is 0 Å². The molecular formula is C12H20BrNS. The van der Waals surface area contributed by atoms with Gasteiger partial charge in [-0.1, -0.05) is 20.8 Å². The van der Waals surface area contributed by atoms with Crippen molar-refractivity contribution in [2.45, 2.75) is 46.2 Å². The Labute approximate surface area is 105 Å². The highest BCUT2D eigenvalue weighted by Gasteiger charge is 2.15. The fourth-order valence-corrected chi connectivity index (χ4v) is 3.29. The summed E-state index contributed by atoms with van der Waals surface area (Å²) in [6.45, 7) is 8.98. The lowest BCUT2D eigenvalue weighted by molar-refractivity contribution is 0.373. The predicted molar refractivity (Wildman–Crippen MR) is 72.6 cm³/mol. The van der Waals surface area contributed by atoms with Gasteiger partial charge in [0.15, 0.2) is 0 Å². The van der Waals surface area contributed by atoms with Gasteiger partial charge in [0.2, 0.25) is 0 Å². The minimum absolute atomic E-state index is 0.564. The molecule has 3 heteroatoms. The molecule has 86 valence electrons. The largest absolute Gasteiger partial charge is 0.312 e. The molecule has 15 heavy (non-hydrogen) atoms. The molecule has 0 bridgehead atoms. The Kier molecular flexibility index (Phi) is 5.30. The lowest BCUT2D eigenvalue weighted by Crippen LogP contribution is -2.37. The van der Waals surface area contributed by atoms with E-state index in [-0.39, 0.29) is 0 Å². The zero-order valence-electron chi connectivity index (χ0n) is 9.88. The fourth-order valence-electron chi connectivity index (χ4n) is 1.63. The van der Waals surface area contributed by atoms with Crippen molar-refractivity contribution < 1.29 is 0 Å². The van der Waals surface area contributed by atoms with E-state index in [4.69, 9.17) is 0 Å². The van der Waals surface area contributed by atoms with Crippen molar-refractivity contribution in [2.24, 2.45) is 5.92 Å². The minimum atomic E-state index is 0.564. The third kappa shape index (κ3) is 4.25. The molecule has 0 aliphatic carbocycles. The summed E-state index contributed by atoms with van der Waals surface area (Å²) in [6.07, 6.45) is 1.15. The van der Waals surface area contributed by atoms with Gasteiger partial charge < -0.3 is 5.32 Å². The maximum Gasteiger partial charge on any atom is 0.0314 e. The van der Waals surface area contributed by atoms with Gasteiger partial charge in [0, 0.05) is 21.4 Å². The van der Waals surface area contributed by atoms with Crippen LogP contribution in [0.4, 0.5) is 0 Å². The maximum absolute atomic E-state index is 3.58. The first kappa shape index (κ1) is 13.2. The number of rotatable bonds is 5. The Balaban J connectivity index is 2.48. The summed E-state index contributed by atoms with van der Waals surface area (Å²) in [6, 6.07) is 3.26. The Morgan fingerprint density at radius 3 is 2.47 bits per heavy atom. The zero-order chi connectivity index (χ0) is 11.4. The van der Waals surface area contributed by atoms with Gasteiger partial charge in [0.25, 0.3) is 0 Å². The molecule has 2 unspecified atom stereocenters. The highest BCUT2D eigenvalue weighted by atomic mass is 79.9. The molecule has 0 aliphatic rings. The molecule has 1 aromatic rings. The second-order valence-corrected chi connectivity index (χ2v) is 6.34. The second kappa shape index (κ2) is 6.02. The van der Waals surface area contributed by atoms with E-state index < -0.39 is 0 Å². The first-order chi connectivity index (χ1) is 7.00. The summed E-state index contributed by atoms with van der Waals surface area (Å²) >= 11 is 5.42. The number of halogens is 1. The highest BCUT2D eigenvalue weighted by Crippen LogP contribution is 2.26. The van der Waals surface area contributed by atoms with Gasteiger partial charge in [-0.05, 0) is 46.6 Å². The zero-order valence-corrected chi connectivity index (χ0v) is 12.3. The summed E-state index contributed by atoms with van der Waals surface area (Å²) < 4.78 is 1.26. The summed E-state index contributed by atoms with van der Waals surface area (Å²) in [7, 11) is 0. The fraction of sp³-hybridized carbons (Fsp3) is 0.667. The summed E-state index contributed by atoms with van der Waals surface area (Å²) in [5, 5.41) is 5.71. The molecule has 0 amide bonds. The smallest absolute Gasteiger partial charge is 0.0314 e. The maximum atomic E-state index is 3.58. The molecular weight excluding hydrogens is 270 g/mol. The van der Waals surface area contributed by atoms with Crippen LogP contribution in [-0.2, 0) is 6.42 Å². The lowest BCUT2D eigenvalue weighted by atomic mass is 9.98. The highest BCUT2D eigenvalue weighted by molar-refractivity contribution is 9.10. The van der Waals surface area contributed by atoms with Crippen LogP contribution in [0.5, 0.6) is 0 Å². The van der Waals surface area contributed by atoms with E-state index in [2.05, 4.69) is 60.4 Å². The molecule has 1 N–H and O–H groups in total. The van der Waals surface area contributed by atoms with E-state index in [1.54, 1.807) is 0 Å². The van der Waals surface area contributed by atoms with Crippen LogP contribution in [0.1, 0.15) is 32.6 Å². The van der Waals surface area contributed by atoms with Crippen LogP contribution in [0, 0.1) is 5.92 Å². The third-order valence-corrected chi connectivity index (χ3v) is 4.60. The molecule has 0 aromatic carbocycles. The van der Waals surface area contributed by atoms with E-state index in [0.717, 1.165) is 6.42 Å². The van der Waals surface area contributed by atoms with Gasteiger partial charge in [0.05, 0.1) is 0 Å². The molecule has 0 aliphatic heterocycles. The second-order valence-electron chi connectivity index (χ2n) is 4.48. The summed E-state index contributed by atoms with van der Waals surface area (Å²) in [5.74, 6) is 0.669. The van der Waals surface area contributed by atoms with E-state index in [0.29, 0.717) is 18.0 Å². The van der Waals surface area contributed by atoms with Gasteiger partial charge in [-0.15, -0.1) is 11.3 Å². The topological polar surface area (TPSA) is 12.0 Å². The quantitative estimate of drug-likeness (QED) is 0.861. The van der Waals surface area contributed by atoms with Crippen LogP contribution < -0.4 is 5.32 Å². The average Bonchev–Trinajstić information content (AvgIpc) is 2.50. The number of thiophene rings is 1. The Morgan fingerprint density at radius 2 is 2.00 bits per heavy atom. The third-order valence-electron chi connectivity index (χ3n) is 2.65. The molecule has 0 saturated carbocycles. The van der Waals surface area contributed by atoms with Gasteiger partial charge in [-0.25, -0.2) is 0 Å². The number of hydrogen-bond donors (Lipinski definition) is 1. The summed E-state index contributed by atoms with van der Waals surface area (Å²) in [5.41, 5.74) is 0. The minimum Gasteiger partial charge on any atom is -0.312 e. The van der Waals surface area contributed by atoms with Crippen LogP contribution in [0.2, 0.25) is 0 Å². The number of hydrogen-bond acceptors (Lipinski definition) is 2. The van der Waals surface area contributed by atoms with Crippen LogP contribution in [0.15, 0.2) is 15.9 Å². The van der Waals surface area contributed by atoms with Gasteiger partial charge >= 0.3 is 0 Å². The normalized spacial score (nSPS) is 15.6. The van der Waals surface area contributed by atoms with E-state index in [1.807, 2.05) is 11.3 Å². The molecule has 0 spiro atoms. The lowest BCUT2D eigenvalue weighted by Gasteiger charge is -2.23. The SMILES string of the molecule is CC(C)NC(C)C(C)Cc1sccc1Br. The first-order valence-corrected chi connectivity index (χ1v) is 7.16. The Morgan fingerprint density at radius 1 is 1.33 bits per heavy atom. The van der Waals surface area contributed by atoms with Gasteiger partial charge in [0.1, 0.15) is 0 Å². The Hall–Kier alpha value is 0.140. The van der Waals surface area contributed by atoms with Crippen LogP contribution in [0.25, 0.3) is 0 Å². The monoisotopic (exact) mass is 289 g/mol. The van der Waals surface area contributed by atoms with Crippen LogP contribution >= 0.6 is 27.3 Å². The number of nitrogens with one attached hydrogen (secondary N) is 1. The van der Waals surface area contributed by atoms with Crippen molar-refractivity contribution >= 4 is 27.3 Å². The van der Waals surface area contributed by atoms with Crippen molar-refractivity contribution in [3.05, 3.63) is 20.8 Å². The molecule has 1 nitrogen and oxygen atoms in total. The van der Waals surface area contributed by atoms with Crippen molar-refractivity contribution in [3.8, 4) is 0 Å². The average molecular weight is 290 g/mol. The van der Waals surface area contributed by atoms with Crippen molar-refractivity contribution in [3.63, 3.8) is 0 Å². The molecule has 0 saturated heterocycles. The first-order valence-electron chi connectivity index (χ1n) is 5.48. The van der Waals surface area contributed by atoms with Crippen LogP contribution in [-0.4, -0.2) is 12.1 Å². The predicted octanol–water partition coefficient (Wildman–Crippen LogP) is 4.08. The molecule has 0 radical (unpaired) electrons. The van der Waals surface area contributed by atoms with Crippen LogP contribution in [0.3, 0.4) is 0 Å². The van der Waals surface area contributed by atoms with Crippen molar-refractivity contribution in [1.82, 2.24) is 5.32 Å². The summed E-state index contributed by atoms with van der Waals surface area (Å²) in [4.78, 5) is 1.46. The van der Waals surface area contributed by atoms with Crippen molar-refractivity contribution in [2.75, 3.05) is 0 Å². The Bertz CT molecular complexity index is 296. The molecule has 1 rings (SSSR count). The van der Waals surface area contributed by atoms with E-state index >= 15 is 0 Å². The molecule has 0 fully saturated rings. The van der Waals surface area contributed by atoms with Gasteiger partial charge in [-0.2, -0.15) is 0 Å². The molecule has 1 heterocycles. The van der Waals surface area contributed by atoms with Crippen molar-refractivity contribution in [1.29, 1.82) is 0 Å². The molecule has 2 atom stereocenters. The van der Waals surface area contributed by atoms with Gasteiger partial charge in [-0.3, -0.25) is 0 Å². The van der Waals surface area contributed by atoms with E-state index in [1.165, 1.54) is 9.35 Å². The molecule has 1 aromatic heterocycles.